The van der Waals surface area contributed by atoms with Crippen LogP contribution in [0.3, 0.4) is 0 Å². The third-order valence-corrected chi connectivity index (χ3v) is 3.62. The lowest BCUT2D eigenvalue weighted by molar-refractivity contribution is -0.132. The van der Waals surface area contributed by atoms with Crippen molar-refractivity contribution >= 4 is 12.2 Å². The van der Waals surface area contributed by atoms with E-state index in [-0.39, 0.29) is 5.57 Å². The van der Waals surface area contributed by atoms with Crippen LogP contribution in [0.25, 0.3) is 0 Å². The van der Waals surface area contributed by atoms with Gasteiger partial charge in [0.25, 0.3) is 0 Å². The van der Waals surface area contributed by atoms with Crippen molar-refractivity contribution < 1.29 is 9.90 Å². The minimum Gasteiger partial charge on any atom is -0.478 e. The fourth-order valence-corrected chi connectivity index (χ4v) is 2.36. The van der Waals surface area contributed by atoms with Gasteiger partial charge in [0.2, 0.25) is 0 Å². The fourth-order valence-electron chi connectivity index (χ4n) is 2.36. The number of benzene rings is 1. The summed E-state index contributed by atoms with van der Waals surface area (Å²) in [7, 11) is 0. The zero-order valence-electron chi connectivity index (χ0n) is 11.9. The summed E-state index contributed by atoms with van der Waals surface area (Å²) in [4.78, 5) is 15.4. The van der Waals surface area contributed by atoms with E-state index in [2.05, 4.69) is 41.5 Å². The molecule has 0 saturated carbocycles. The molecule has 2 rings (SSSR count). The monoisotopic (exact) mass is 272 g/mol. The summed E-state index contributed by atoms with van der Waals surface area (Å²) < 4.78 is 0. The van der Waals surface area contributed by atoms with Gasteiger partial charge in [-0.2, -0.15) is 0 Å². The lowest BCUT2D eigenvalue weighted by Crippen LogP contribution is -2.40. The largest absolute Gasteiger partial charge is 0.478 e. The van der Waals surface area contributed by atoms with Crippen molar-refractivity contribution in [1.82, 2.24) is 5.32 Å². The molecule has 1 aliphatic rings. The number of aryl methyl sites for hydroxylation is 1. The second-order valence-corrected chi connectivity index (χ2v) is 4.97. The van der Waals surface area contributed by atoms with E-state index in [1.165, 1.54) is 18.0 Å². The van der Waals surface area contributed by atoms with Gasteiger partial charge >= 0.3 is 5.97 Å². The number of carboxylic acid groups (broad SMARTS) is 1. The number of aliphatic imine (C=N–C) groups is 1. The van der Waals surface area contributed by atoms with Crippen LogP contribution in [-0.2, 0) is 16.9 Å². The molecule has 1 heterocycles. The molecule has 1 aromatic carbocycles. The number of hydrogen-bond donors (Lipinski definition) is 2. The smallest absolute Gasteiger partial charge is 0.338 e. The molecule has 4 heteroatoms. The van der Waals surface area contributed by atoms with Gasteiger partial charge in [-0.3, -0.25) is 4.99 Å². The Kier molecular flexibility index (Phi) is 4.23. The maximum Gasteiger partial charge on any atom is 0.338 e. The van der Waals surface area contributed by atoms with E-state index < -0.39 is 11.6 Å². The summed E-state index contributed by atoms with van der Waals surface area (Å²) >= 11 is 0. The number of hydrogen-bond acceptors (Lipinski definition) is 3. The van der Waals surface area contributed by atoms with Gasteiger partial charge in [-0.1, -0.05) is 44.5 Å². The SMILES string of the molecule is CCCc1ccc(C2(CC)N=CC(C(=O)O)=CN2)cc1. The van der Waals surface area contributed by atoms with Gasteiger partial charge in [0.1, 0.15) is 0 Å². The quantitative estimate of drug-likeness (QED) is 0.866. The molecule has 0 saturated heterocycles. The Hall–Kier alpha value is -2.10. The Morgan fingerprint density at radius 3 is 2.45 bits per heavy atom. The van der Waals surface area contributed by atoms with Crippen molar-refractivity contribution in [2.45, 2.75) is 38.8 Å². The molecule has 2 N–H and O–H groups in total. The first kappa shape index (κ1) is 14.3. The molecule has 1 unspecified atom stereocenters. The molecule has 0 amide bonds. The minimum atomic E-state index is -0.968. The third-order valence-electron chi connectivity index (χ3n) is 3.62. The van der Waals surface area contributed by atoms with Crippen molar-refractivity contribution in [2.75, 3.05) is 0 Å². The van der Waals surface area contributed by atoms with Crippen LogP contribution in [0.1, 0.15) is 37.8 Å². The number of carbonyl (C=O) groups is 1. The van der Waals surface area contributed by atoms with Crippen LogP contribution in [-0.4, -0.2) is 17.3 Å². The average molecular weight is 272 g/mol. The van der Waals surface area contributed by atoms with Crippen LogP contribution < -0.4 is 5.32 Å². The molecule has 0 fully saturated rings. The summed E-state index contributed by atoms with van der Waals surface area (Å²) in [6, 6.07) is 8.37. The second kappa shape index (κ2) is 5.90. The van der Waals surface area contributed by atoms with Crippen molar-refractivity contribution in [3.8, 4) is 0 Å². The van der Waals surface area contributed by atoms with Gasteiger partial charge in [-0.25, -0.2) is 4.79 Å². The maximum absolute atomic E-state index is 10.9. The van der Waals surface area contributed by atoms with Crippen molar-refractivity contribution in [2.24, 2.45) is 4.99 Å². The predicted octanol–water partition coefficient (Wildman–Crippen LogP) is 2.84. The zero-order valence-corrected chi connectivity index (χ0v) is 11.9. The fraction of sp³-hybridized carbons (Fsp3) is 0.375. The topological polar surface area (TPSA) is 61.7 Å². The summed E-state index contributed by atoms with van der Waals surface area (Å²) in [5.41, 5.74) is 1.99. The van der Waals surface area contributed by atoms with Gasteiger partial charge in [0.15, 0.2) is 5.66 Å². The van der Waals surface area contributed by atoms with E-state index in [9.17, 15) is 4.79 Å². The van der Waals surface area contributed by atoms with Crippen molar-refractivity contribution in [1.29, 1.82) is 0 Å². The Morgan fingerprint density at radius 1 is 1.30 bits per heavy atom. The highest BCUT2D eigenvalue weighted by atomic mass is 16.4. The van der Waals surface area contributed by atoms with E-state index >= 15 is 0 Å². The summed E-state index contributed by atoms with van der Waals surface area (Å²) in [5, 5.41) is 12.1. The van der Waals surface area contributed by atoms with Crippen LogP contribution >= 0.6 is 0 Å². The first-order valence-electron chi connectivity index (χ1n) is 6.97. The molecule has 1 aromatic rings. The summed E-state index contributed by atoms with van der Waals surface area (Å²) in [6.07, 6.45) is 5.90. The normalized spacial score (nSPS) is 21.2. The summed E-state index contributed by atoms with van der Waals surface area (Å²) in [6.45, 7) is 4.19. The third kappa shape index (κ3) is 2.74. The highest BCUT2D eigenvalue weighted by molar-refractivity contribution is 6.08. The maximum atomic E-state index is 10.9. The van der Waals surface area contributed by atoms with Gasteiger partial charge in [0.05, 0.1) is 5.57 Å². The first-order valence-corrected chi connectivity index (χ1v) is 6.97. The average Bonchev–Trinajstić information content (AvgIpc) is 2.48. The first-order chi connectivity index (χ1) is 9.61. The molecule has 20 heavy (non-hydrogen) atoms. The predicted molar refractivity (Wildman–Crippen MR) is 79.8 cm³/mol. The van der Waals surface area contributed by atoms with Crippen LogP contribution in [0, 0.1) is 0 Å². The van der Waals surface area contributed by atoms with E-state index in [1.54, 1.807) is 0 Å². The Morgan fingerprint density at radius 2 is 2.00 bits per heavy atom. The molecule has 0 radical (unpaired) electrons. The van der Waals surface area contributed by atoms with Crippen molar-refractivity contribution in [3.05, 3.63) is 47.2 Å². The zero-order chi connectivity index (χ0) is 14.6. The highest BCUT2D eigenvalue weighted by Gasteiger charge is 2.30. The molecule has 1 aliphatic heterocycles. The van der Waals surface area contributed by atoms with Crippen LogP contribution in [0.4, 0.5) is 0 Å². The molecule has 0 aliphatic carbocycles. The standard InChI is InChI=1S/C16H20N2O2/c1-3-5-12-6-8-14(9-7-12)16(4-2)17-10-13(11-18-16)15(19)20/h6-11,17H,3-5H2,1-2H3,(H,19,20). The van der Waals surface area contributed by atoms with Crippen LogP contribution in [0.15, 0.2) is 41.0 Å². The lowest BCUT2D eigenvalue weighted by atomic mass is 9.94. The number of carboxylic acids is 1. The molecular formula is C16H20N2O2. The number of aliphatic carboxylic acids is 1. The van der Waals surface area contributed by atoms with E-state index in [0.29, 0.717) is 0 Å². The molecule has 0 aromatic heterocycles. The van der Waals surface area contributed by atoms with Gasteiger partial charge in [0, 0.05) is 12.4 Å². The molecule has 0 bridgehead atoms. The van der Waals surface area contributed by atoms with Gasteiger partial charge in [-0.15, -0.1) is 0 Å². The number of nitrogens with one attached hydrogen (secondary N) is 1. The Bertz CT molecular complexity index is 546. The highest BCUT2D eigenvalue weighted by Crippen LogP contribution is 2.29. The van der Waals surface area contributed by atoms with E-state index in [0.717, 1.165) is 24.8 Å². The Labute approximate surface area is 119 Å². The molecule has 0 spiro atoms. The second-order valence-electron chi connectivity index (χ2n) is 4.97. The van der Waals surface area contributed by atoms with Crippen molar-refractivity contribution in [3.63, 3.8) is 0 Å². The number of nitrogens with zero attached hydrogens (tertiary/aromatic N) is 1. The van der Waals surface area contributed by atoms with Gasteiger partial charge < -0.3 is 10.4 Å². The lowest BCUT2D eigenvalue weighted by Gasteiger charge is -2.32. The van der Waals surface area contributed by atoms with E-state index in [1.807, 2.05) is 6.92 Å². The van der Waals surface area contributed by atoms with Crippen LogP contribution in [0.5, 0.6) is 0 Å². The molecular weight excluding hydrogens is 252 g/mol. The Balaban J connectivity index is 2.25. The minimum absolute atomic E-state index is 0.177. The number of rotatable bonds is 5. The molecule has 4 nitrogen and oxygen atoms in total. The van der Waals surface area contributed by atoms with Crippen LogP contribution in [0.2, 0.25) is 0 Å². The van der Waals surface area contributed by atoms with Gasteiger partial charge in [-0.05, 0) is 24.0 Å². The summed E-state index contributed by atoms with van der Waals surface area (Å²) in [5.74, 6) is -0.968. The molecule has 106 valence electrons. The molecule has 1 atom stereocenters. The van der Waals surface area contributed by atoms with E-state index in [4.69, 9.17) is 5.11 Å².